The predicted molar refractivity (Wildman–Crippen MR) is 66.2 cm³/mol. The lowest BCUT2D eigenvalue weighted by molar-refractivity contribution is 0.0772. The zero-order valence-corrected chi connectivity index (χ0v) is 10.5. The van der Waals surface area contributed by atoms with Crippen molar-refractivity contribution in [1.29, 1.82) is 0 Å². The van der Waals surface area contributed by atoms with Gasteiger partial charge in [-0.25, -0.2) is 0 Å². The van der Waals surface area contributed by atoms with Crippen LogP contribution in [0.2, 0.25) is 0 Å². The molecule has 3 heteroatoms. The van der Waals surface area contributed by atoms with E-state index in [1.165, 1.54) is 32.2 Å². The van der Waals surface area contributed by atoms with Gasteiger partial charge in [-0.2, -0.15) is 0 Å². The van der Waals surface area contributed by atoms with Gasteiger partial charge in [0.05, 0.1) is 6.61 Å². The minimum Gasteiger partial charge on any atom is -0.394 e. The Morgan fingerprint density at radius 1 is 1.31 bits per heavy atom. The SMILES string of the molecule is CN(CC1CCC1)C1CCCC(N)(CO)C1. The minimum atomic E-state index is -0.309. The lowest BCUT2D eigenvalue weighted by Gasteiger charge is -2.42. The Balaban J connectivity index is 1.83. The van der Waals surface area contributed by atoms with Crippen LogP contribution in [0, 0.1) is 5.92 Å². The fraction of sp³-hybridized carbons (Fsp3) is 1.00. The maximum Gasteiger partial charge on any atom is 0.0611 e. The molecule has 2 aliphatic rings. The Hall–Kier alpha value is -0.120. The van der Waals surface area contributed by atoms with Gasteiger partial charge >= 0.3 is 0 Å². The summed E-state index contributed by atoms with van der Waals surface area (Å²) < 4.78 is 0. The van der Waals surface area contributed by atoms with Crippen LogP contribution in [0.4, 0.5) is 0 Å². The molecule has 3 nitrogen and oxygen atoms in total. The van der Waals surface area contributed by atoms with Crippen molar-refractivity contribution in [2.45, 2.75) is 56.5 Å². The summed E-state index contributed by atoms with van der Waals surface area (Å²) in [4.78, 5) is 2.49. The molecule has 3 N–H and O–H groups in total. The van der Waals surface area contributed by atoms with Crippen LogP contribution in [0.3, 0.4) is 0 Å². The highest BCUT2D eigenvalue weighted by atomic mass is 16.3. The molecule has 0 amide bonds. The first-order valence-electron chi connectivity index (χ1n) is 6.73. The Labute approximate surface area is 99.0 Å². The molecule has 16 heavy (non-hydrogen) atoms. The minimum absolute atomic E-state index is 0.140. The molecule has 0 heterocycles. The van der Waals surface area contributed by atoms with Gasteiger partial charge in [0.25, 0.3) is 0 Å². The van der Waals surface area contributed by atoms with Crippen LogP contribution in [0.25, 0.3) is 0 Å². The van der Waals surface area contributed by atoms with Gasteiger partial charge in [0.2, 0.25) is 0 Å². The van der Waals surface area contributed by atoms with Crippen molar-refractivity contribution in [3.8, 4) is 0 Å². The molecule has 0 bridgehead atoms. The van der Waals surface area contributed by atoms with Gasteiger partial charge in [0.15, 0.2) is 0 Å². The average molecular weight is 226 g/mol. The predicted octanol–water partition coefficient (Wildman–Crippen LogP) is 1.35. The second-order valence-electron chi connectivity index (χ2n) is 6.01. The van der Waals surface area contributed by atoms with Crippen LogP contribution in [0.1, 0.15) is 44.9 Å². The molecule has 0 spiro atoms. The van der Waals surface area contributed by atoms with Crippen LogP contribution in [0.15, 0.2) is 0 Å². The number of nitrogens with zero attached hydrogens (tertiary/aromatic N) is 1. The second kappa shape index (κ2) is 5.03. The van der Waals surface area contributed by atoms with Gasteiger partial charge in [-0.1, -0.05) is 6.42 Å². The summed E-state index contributed by atoms with van der Waals surface area (Å²) >= 11 is 0. The lowest BCUT2D eigenvalue weighted by Crippen LogP contribution is -2.53. The Morgan fingerprint density at radius 2 is 2.06 bits per heavy atom. The van der Waals surface area contributed by atoms with Gasteiger partial charge in [-0.15, -0.1) is 0 Å². The van der Waals surface area contributed by atoms with Crippen LogP contribution in [-0.2, 0) is 0 Å². The van der Waals surface area contributed by atoms with Crippen molar-refractivity contribution >= 4 is 0 Å². The number of rotatable bonds is 4. The molecule has 0 aromatic carbocycles. The molecule has 0 aromatic heterocycles. The normalized spacial score (nSPS) is 36.4. The van der Waals surface area contributed by atoms with Gasteiger partial charge < -0.3 is 15.7 Å². The van der Waals surface area contributed by atoms with Gasteiger partial charge in [-0.05, 0) is 51.5 Å². The van der Waals surface area contributed by atoms with Gasteiger partial charge in [-0.3, -0.25) is 0 Å². The molecule has 94 valence electrons. The summed E-state index contributed by atoms with van der Waals surface area (Å²) in [6, 6.07) is 0.589. The molecular weight excluding hydrogens is 200 g/mol. The average Bonchev–Trinajstić information content (AvgIpc) is 2.23. The largest absolute Gasteiger partial charge is 0.394 e. The van der Waals surface area contributed by atoms with Crippen molar-refractivity contribution in [3.05, 3.63) is 0 Å². The van der Waals surface area contributed by atoms with Crippen LogP contribution >= 0.6 is 0 Å². The molecule has 2 fully saturated rings. The van der Waals surface area contributed by atoms with Gasteiger partial charge in [0.1, 0.15) is 0 Å². The number of aliphatic hydroxyl groups is 1. The molecule has 2 rings (SSSR count). The Kier molecular flexibility index (Phi) is 3.88. The quantitative estimate of drug-likeness (QED) is 0.761. The monoisotopic (exact) mass is 226 g/mol. The third kappa shape index (κ3) is 2.76. The van der Waals surface area contributed by atoms with E-state index >= 15 is 0 Å². The van der Waals surface area contributed by atoms with E-state index in [2.05, 4.69) is 11.9 Å². The van der Waals surface area contributed by atoms with E-state index in [4.69, 9.17) is 5.73 Å². The molecule has 2 atom stereocenters. The highest BCUT2D eigenvalue weighted by molar-refractivity contribution is 4.93. The van der Waals surface area contributed by atoms with Crippen molar-refractivity contribution in [1.82, 2.24) is 4.90 Å². The molecule has 0 saturated heterocycles. The van der Waals surface area contributed by atoms with Crippen LogP contribution < -0.4 is 5.73 Å². The van der Waals surface area contributed by atoms with Crippen molar-refractivity contribution in [2.75, 3.05) is 20.2 Å². The number of nitrogens with two attached hydrogens (primary N) is 1. The van der Waals surface area contributed by atoms with E-state index < -0.39 is 0 Å². The van der Waals surface area contributed by atoms with E-state index in [1.807, 2.05) is 0 Å². The summed E-state index contributed by atoms with van der Waals surface area (Å²) in [5.74, 6) is 0.924. The number of aliphatic hydroxyl groups excluding tert-OH is 1. The van der Waals surface area contributed by atoms with E-state index in [-0.39, 0.29) is 12.1 Å². The fourth-order valence-corrected chi connectivity index (χ4v) is 3.11. The van der Waals surface area contributed by atoms with E-state index in [0.29, 0.717) is 6.04 Å². The summed E-state index contributed by atoms with van der Waals surface area (Å²) in [5, 5.41) is 9.35. The molecule has 0 aliphatic heterocycles. The van der Waals surface area contributed by atoms with Gasteiger partial charge in [0, 0.05) is 18.1 Å². The maximum atomic E-state index is 9.35. The molecule has 2 aliphatic carbocycles. The Morgan fingerprint density at radius 3 is 2.62 bits per heavy atom. The number of hydrogen-bond acceptors (Lipinski definition) is 3. The van der Waals surface area contributed by atoms with E-state index in [0.717, 1.165) is 25.2 Å². The first kappa shape index (κ1) is 12.3. The van der Waals surface area contributed by atoms with Crippen molar-refractivity contribution in [2.24, 2.45) is 11.7 Å². The fourth-order valence-electron chi connectivity index (χ4n) is 3.11. The maximum absolute atomic E-state index is 9.35. The molecule has 2 saturated carbocycles. The zero-order chi connectivity index (χ0) is 11.6. The zero-order valence-electron chi connectivity index (χ0n) is 10.5. The molecule has 0 radical (unpaired) electrons. The smallest absolute Gasteiger partial charge is 0.0611 e. The standard InChI is InChI=1S/C13H26N2O/c1-15(9-11-4-2-5-11)12-6-3-7-13(14,8-12)10-16/h11-12,16H,2-10,14H2,1H3. The third-order valence-electron chi connectivity index (χ3n) is 4.56. The number of hydrogen-bond donors (Lipinski definition) is 2. The van der Waals surface area contributed by atoms with Crippen LogP contribution in [0.5, 0.6) is 0 Å². The molecule has 0 aromatic rings. The van der Waals surface area contributed by atoms with E-state index in [1.54, 1.807) is 0 Å². The summed E-state index contributed by atoms with van der Waals surface area (Å²) in [6.07, 6.45) is 8.60. The lowest BCUT2D eigenvalue weighted by atomic mass is 9.79. The first-order chi connectivity index (χ1) is 7.63. The van der Waals surface area contributed by atoms with Crippen molar-refractivity contribution < 1.29 is 5.11 Å². The second-order valence-corrected chi connectivity index (χ2v) is 6.01. The van der Waals surface area contributed by atoms with Crippen molar-refractivity contribution in [3.63, 3.8) is 0 Å². The summed E-state index contributed by atoms with van der Waals surface area (Å²) in [6.45, 7) is 1.37. The third-order valence-corrected chi connectivity index (χ3v) is 4.56. The summed E-state index contributed by atoms with van der Waals surface area (Å²) in [5.41, 5.74) is 5.88. The topological polar surface area (TPSA) is 49.5 Å². The molecular formula is C13H26N2O. The Bertz CT molecular complexity index is 230. The molecule has 2 unspecified atom stereocenters. The highest BCUT2D eigenvalue weighted by Gasteiger charge is 2.34. The highest BCUT2D eigenvalue weighted by Crippen LogP contribution is 2.32. The first-order valence-corrected chi connectivity index (χ1v) is 6.73. The van der Waals surface area contributed by atoms with Crippen LogP contribution in [-0.4, -0.2) is 41.8 Å². The van der Waals surface area contributed by atoms with E-state index in [9.17, 15) is 5.11 Å². The summed E-state index contributed by atoms with van der Waals surface area (Å²) in [7, 11) is 2.23.